The summed E-state index contributed by atoms with van der Waals surface area (Å²) in [6, 6.07) is 17.0. The molecule has 0 unspecified atom stereocenters. The Balaban J connectivity index is 2.06. The zero-order valence-electron chi connectivity index (χ0n) is 12.3. The molecule has 0 aliphatic rings. The lowest BCUT2D eigenvalue weighted by molar-refractivity contribution is 0.477. The molecule has 0 saturated heterocycles. The van der Waals surface area contributed by atoms with Gasteiger partial charge in [0.05, 0.1) is 11.4 Å². The lowest BCUT2D eigenvalue weighted by atomic mass is 10.0. The van der Waals surface area contributed by atoms with Gasteiger partial charge in [-0.05, 0) is 43.3 Å². The van der Waals surface area contributed by atoms with Gasteiger partial charge in [0.1, 0.15) is 5.75 Å². The lowest BCUT2D eigenvalue weighted by Crippen LogP contribution is -1.91. The molecule has 1 N–H and O–H groups in total. The molecule has 0 radical (unpaired) electrons. The first kappa shape index (κ1) is 14.0. The molecule has 22 heavy (non-hydrogen) atoms. The smallest absolute Gasteiger partial charge is 0.123 e. The van der Waals surface area contributed by atoms with Crippen LogP contribution in [0.5, 0.6) is 5.75 Å². The fourth-order valence-corrected chi connectivity index (χ4v) is 2.27. The van der Waals surface area contributed by atoms with Crippen molar-refractivity contribution in [1.29, 1.82) is 0 Å². The number of aromatic nitrogens is 2. The van der Waals surface area contributed by atoms with Crippen molar-refractivity contribution in [2.75, 3.05) is 0 Å². The molecule has 3 rings (SSSR count). The molecule has 0 aliphatic heterocycles. The van der Waals surface area contributed by atoms with Crippen LogP contribution in [0.1, 0.15) is 17.1 Å². The van der Waals surface area contributed by atoms with Gasteiger partial charge in [0.15, 0.2) is 0 Å². The van der Waals surface area contributed by atoms with E-state index in [1.807, 2.05) is 67.6 Å². The van der Waals surface area contributed by atoms with Crippen LogP contribution in [0, 0.1) is 6.92 Å². The van der Waals surface area contributed by atoms with Crippen LogP contribution < -0.4 is 0 Å². The maximum Gasteiger partial charge on any atom is 0.123 e. The second-order valence-electron chi connectivity index (χ2n) is 4.99. The zero-order valence-corrected chi connectivity index (χ0v) is 12.3. The Bertz CT molecular complexity index is 811. The second kappa shape index (κ2) is 6.22. The maximum absolute atomic E-state index is 10.1. The van der Waals surface area contributed by atoms with Crippen molar-refractivity contribution in [3.8, 4) is 16.9 Å². The van der Waals surface area contributed by atoms with Crippen LogP contribution >= 0.6 is 0 Å². The van der Waals surface area contributed by atoms with Gasteiger partial charge in [0, 0.05) is 23.0 Å². The van der Waals surface area contributed by atoms with E-state index >= 15 is 0 Å². The number of para-hydroxylation sites is 1. The van der Waals surface area contributed by atoms with Crippen molar-refractivity contribution in [1.82, 2.24) is 9.97 Å². The first-order valence-electron chi connectivity index (χ1n) is 7.09. The number of phenols is 1. The Labute approximate surface area is 129 Å². The van der Waals surface area contributed by atoms with Crippen molar-refractivity contribution in [2.24, 2.45) is 0 Å². The summed E-state index contributed by atoms with van der Waals surface area (Å²) in [7, 11) is 0. The molecule has 0 atom stereocenters. The van der Waals surface area contributed by atoms with Gasteiger partial charge in [0.2, 0.25) is 0 Å². The van der Waals surface area contributed by atoms with E-state index in [1.165, 1.54) is 0 Å². The Morgan fingerprint density at radius 3 is 2.45 bits per heavy atom. The van der Waals surface area contributed by atoms with Crippen LogP contribution in [0.15, 0.2) is 60.8 Å². The van der Waals surface area contributed by atoms with E-state index in [0.717, 1.165) is 28.2 Å². The third-order valence-electron chi connectivity index (χ3n) is 3.36. The lowest BCUT2D eigenvalue weighted by Gasteiger charge is -2.08. The summed E-state index contributed by atoms with van der Waals surface area (Å²) >= 11 is 0. The van der Waals surface area contributed by atoms with Crippen molar-refractivity contribution >= 4 is 12.2 Å². The average Bonchev–Trinajstić information content (AvgIpc) is 2.55. The fraction of sp³-hybridized carbons (Fsp3) is 0.0526. The molecule has 0 amide bonds. The van der Waals surface area contributed by atoms with Crippen LogP contribution in [0.3, 0.4) is 0 Å². The maximum atomic E-state index is 10.1. The van der Waals surface area contributed by atoms with Gasteiger partial charge in [-0.2, -0.15) is 0 Å². The largest absolute Gasteiger partial charge is 0.507 e. The standard InChI is InChI=1S/C19H16N2O/c1-14-9-11-16(17-7-2-3-8-19(17)22)18(21-14)12-10-15-6-4-5-13-20-15/h2-13,22H,1H3. The molecule has 2 aromatic heterocycles. The van der Waals surface area contributed by atoms with Crippen molar-refractivity contribution in [3.63, 3.8) is 0 Å². The highest BCUT2D eigenvalue weighted by molar-refractivity contribution is 5.81. The minimum atomic E-state index is 0.251. The van der Waals surface area contributed by atoms with Gasteiger partial charge < -0.3 is 5.11 Å². The van der Waals surface area contributed by atoms with Gasteiger partial charge in [-0.15, -0.1) is 0 Å². The Morgan fingerprint density at radius 2 is 1.68 bits per heavy atom. The van der Waals surface area contributed by atoms with Crippen LogP contribution in [0.25, 0.3) is 23.3 Å². The van der Waals surface area contributed by atoms with E-state index in [2.05, 4.69) is 9.97 Å². The molecule has 0 bridgehead atoms. The minimum Gasteiger partial charge on any atom is -0.507 e. The number of phenolic OH excluding ortho intramolecular Hbond substituents is 1. The summed E-state index contributed by atoms with van der Waals surface area (Å²) in [5, 5.41) is 10.1. The highest BCUT2D eigenvalue weighted by Gasteiger charge is 2.08. The Kier molecular flexibility index (Phi) is 3.97. The van der Waals surface area contributed by atoms with E-state index in [0.29, 0.717) is 0 Å². The number of rotatable bonds is 3. The highest BCUT2D eigenvalue weighted by atomic mass is 16.3. The van der Waals surface area contributed by atoms with Crippen molar-refractivity contribution in [3.05, 3.63) is 77.9 Å². The first-order valence-corrected chi connectivity index (χ1v) is 7.09. The Morgan fingerprint density at radius 1 is 0.864 bits per heavy atom. The number of aryl methyl sites for hydroxylation is 1. The average molecular weight is 288 g/mol. The molecule has 0 fully saturated rings. The van der Waals surface area contributed by atoms with Crippen LogP contribution in [0.4, 0.5) is 0 Å². The van der Waals surface area contributed by atoms with Gasteiger partial charge >= 0.3 is 0 Å². The van der Waals surface area contributed by atoms with Gasteiger partial charge in [-0.25, -0.2) is 0 Å². The van der Waals surface area contributed by atoms with Crippen molar-refractivity contribution in [2.45, 2.75) is 6.92 Å². The number of pyridine rings is 2. The number of benzene rings is 1. The molecule has 3 aromatic rings. The summed E-state index contributed by atoms with van der Waals surface area (Å²) < 4.78 is 0. The molecule has 2 heterocycles. The van der Waals surface area contributed by atoms with E-state index in [-0.39, 0.29) is 5.75 Å². The molecule has 3 nitrogen and oxygen atoms in total. The zero-order chi connectivity index (χ0) is 15.4. The fourth-order valence-electron chi connectivity index (χ4n) is 2.27. The Hall–Kier alpha value is -2.94. The predicted octanol–water partition coefficient (Wildman–Crippen LogP) is 4.33. The number of hydrogen-bond donors (Lipinski definition) is 1. The first-order chi connectivity index (χ1) is 10.7. The van der Waals surface area contributed by atoms with E-state index in [9.17, 15) is 5.11 Å². The van der Waals surface area contributed by atoms with Crippen LogP contribution in [-0.4, -0.2) is 15.1 Å². The molecular weight excluding hydrogens is 272 g/mol. The molecular formula is C19H16N2O. The quantitative estimate of drug-likeness (QED) is 0.780. The topological polar surface area (TPSA) is 46.0 Å². The normalized spacial score (nSPS) is 11.0. The summed E-state index contributed by atoms with van der Waals surface area (Å²) in [4.78, 5) is 8.85. The number of nitrogens with zero attached hydrogens (tertiary/aromatic N) is 2. The van der Waals surface area contributed by atoms with Gasteiger partial charge in [-0.3, -0.25) is 9.97 Å². The molecule has 108 valence electrons. The van der Waals surface area contributed by atoms with Crippen LogP contribution in [-0.2, 0) is 0 Å². The minimum absolute atomic E-state index is 0.251. The molecule has 0 spiro atoms. The van der Waals surface area contributed by atoms with Crippen LogP contribution in [0.2, 0.25) is 0 Å². The summed E-state index contributed by atoms with van der Waals surface area (Å²) in [6.07, 6.45) is 5.61. The SMILES string of the molecule is Cc1ccc(-c2ccccc2O)c(C=Cc2ccccn2)n1. The molecule has 3 heteroatoms. The monoisotopic (exact) mass is 288 g/mol. The number of aromatic hydroxyl groups is 1. The predicted molar refractivity (Wildman–Crippen MR) is 89.2 cm³/mol. The summed E-state index contributed by atoms with van der Waals surface area (Å²) in [5.74, 6) is 0.251. The second-order valence-corrected chi connectivity index (χ2v) is 4.99. The van der Waals surface area contributed by atoms with Crippen molar-refractivity contribution < 1.29 is 5.11 Å². The summed E-state index contributed by atoms with van der Waals surface area (Å²) in [5.41, 5.74) is 4.28. The number of hydrogen-bond acceptors (Lipinski definition) is 3. The third kappa shape index (κ3) is 3.04. The summed E-state index contributed by atoms with van der Waals surface area (Å²) in [6.45, 7) is 1.95. The molecule has 0 saturated carbocycles. The highest BCUT2D eigenvalue weighted by Crippen LogP contribution is 2.31. The van der Waals surface area contributed by atoms with E-state index in [1.54, 1.807) is 12.3 Å². The van der Waals surface area contributed by atoms with Gasteiger partial charge in [0.25, 0.3) is 0 Å². The van der Waals surface area contributed by atoms with Gasteiger partial charge in [-0.1, -0.05) is 30.3 Å². The third-order valence-corrected chi connectivity index (χ3v) is 3.36. The molecule has 0 aliphatic carbocycles. The molecule has 1 aromatic carbocycles. The van der Waals surface area contributed by atoms with E-state index < -0.39 is 0 Å². The van der Waals surface area contributed by atoms with E-state index in [4.69, 9.17) is 0 Å².